The second kappa shape index (κ2) is 8.80. The normalized spacial score (nSPS) is 18.4. The zero-order chi connectivity index (χ0) is 11.7. The summed E-state index contributed by atoms with van der Waals surface area (Å²) in [7, 11) is -9.62. The third-order valence-corrected chi connectivity index (χ3v) is 6.58. The van der Waals surface area contributed by atoms with Crippen molar-refractivity contribution in [3.63, 3.8) is 0 Å². The Bertz CT molecular complexity index is 303. The average molecular weight is 325 g/mol. The van der Waals surface area contributed by atoms with Gasteiger partial charge in [-0.1, -0.05) is 0 Å². The Kier molecular flexibility index (Phi) is 11.3. The molecule has 12 heteroatoms. The Hall–Kier alpha value is 2.61. The van der Waals surface area contributed by atoms with Crippen molar-refractivity contribution in [2.45, 2.75) is 5.52 Å². The van der Waals surface area contributed by atoms with Crippen LogP contribution in [0.25, 0.3) is 0 Å². The van der Waals surface area contributed by atoms with E-state index in [-0.39, 0.29) is 75.1 Å². The molecule has 17 heavy (non-hydrogen) atoms. The Balaban J connectivity index is -0.000000281. The Morgan fingerprint density at radius 3 is 1.65 bits per heavy atom. The molecule has 1 rings (SSSR count). The van der Waals surface area contributed by atoms with Gasteiger partial charge in [0.2, 0.25) is 5.52 Å². The third-order valence-electron chi connectivity index (χ3n) is 1.97. The zero-order valence-electron chi connectivity index (χ0n) is 11.8. The molecule has 0 atom stereocenters. The summed E-state index contributed by atoms with van der Waals surface area (Å²) >= 11 is 1.59. The van der Waals surface area contributed by atoms with E-state index in [2.05, 4.69) is 0 Å². The first kappa shape index (κ1) is 21.9. The maximum absolute atomic E-state index is 11.0. The summed E-state index contributed by atoms with van der Waals surface area (Å²) in [5, 5.41) is 0. The molecule has 1 heterocycles. The summed E-state index contributed by atoms with van der Waals surface area (Å²) in [5.41, 5.74) is -1.98. The second-order valence-corrected chi connectivity index (χ2v) is 8.14. The fourth-order valence-corrected chi connectivity index (χ4v) is 5.24. The number of hydrogen-bond donors (Lipinski definition) is 4. The molecule has 0 radical (unpaired) electrons. The van der Waals surface area contributed by atoms with Gasteiger partial charge in [-0.2, -0.15) is 11.8 Å². The zero-order valence-corrected chi connectivity index (χ0v) is 16.4. The molecule has 0 aromatic rings. The molecule has 0 bridgehead atoms. The van der Waals surface area contributed by atoms with Gasteiger partial charge in [-0.25, -0.2) is 0 Å². The first-order valence-electron chi connectivity index (χ1n) is 4.15. The molecule has 1 saturated heterocycles. The summed E-state index contributed by atoms with van der Waals surface area (Å²) in [6.07, 6.45) is 0. The van der Waals surface area contributed by atoms with Crippen molar-refractivity contribution in [2.24, 2.45) is 0 Å². The van der Waals surface area contributed by atoms with Gasteiger partial charge in [-0.3, -0.25) is 14.0 Å². The van der Waals surface area contributed by atoms with Crippen molar-refractivity contribution < 1.29 is 90.7 Å². The van der Waals surface area contributed by atoms with Crippen molar-refractivity contribution in [1.82, 2.24) is 4.90 Å². The molecule has 1 aliphatic rings. The van der Waals surface area contributed by atoms with Gasteiger partial charge in [0, 0.05) is 24.6 Å². The third kappa shape index (κ3) is 7.25. The summed E-state index contributed by atoms with van der Waals surface area (Å²) in [4.78, 5) is 36.9. The fraction of sp³-hybridized carbons (Fsp3) is 1.00. The van der Waals surface area contributed by atoms with Crippen LogP contribution in [-0.4, -0.2) is 54.6 Å². The summed E-state index contributed by atoms with van der Waals surface area (Å²) in [5.74, 6) is 1.24. The molecule has 0 spiro atoms. The first-order valence-corrected chi connectivity index (χ1v) is 8.67. The maximum Gasteiger partial charge on any atom is 1.00 e. The molecule has 1 aliphatic heterocycles. The van der Waals surface area contributed by atoms with E-state index in [1.54, 1.807) is 11.8 Å². The van der Waals surface area contributed by atoms with Crippen LogP contribution < -0.4 is 59.1 Å². The Morgan fingerprint density at radius 2 is 1.35 bits per heavy atom. The second-order valence-electron chi connectivity index (χ2n) is 3.17. The van der Waals surface area contributed by atoms with Gasteiger partial charge in [0.05, 0.1) is 0 Å². The largest absolute Gasteiger partial charge is 1.00 e. The van der Waals surface area contributed by atoms with Gasteiger partial charge in [-0.05, 0) is 0 Å². The molecular weight excluding hydrogens is 310 g/mol. The van der Waals surface area contributed by atoms with Crippen molar-refractivity contribution in [3.05, 3.63) is 0 Å². The van der Waals surface area contributed by atoms with Crippen molar-refractivity contribution in [2.75, 3.05) is 24.6 Å². The van der Waals surface area contributed by atoms with Gasteiger partial charge >= 0.3 is 74.3 Å². The molecule has 0 aromatic heterocycles. The van der Waals surface area contributed by atoms with E-state index < -0.39 is 20.7 Å². The molecule has 0 aliphatic carbocycles. The van der Waals surface area contributed by atoms with Gasteiger partial charge in [0.1, 0.15) is 0 Å². The molecule has 1 fully saturated rings. The van der Waals surface area contributed by atoms with E-state index in [9.17, 15) is 9.13 Å². The molecule has 7 nitrogen and oxygen atoms in total. The first-order chi connectivity index (χ1) is 6.73. The fourth-order valence-electron chi connectivity index (χ4n) is 1.43. The van der Waals surface area contributed by atoms with Crippen LogP contribution in [0.15, 0.2) is 0 Å². The molecule has 0 saturated carbocycles. The Morgan fingerprint density at radius 1 is 1.00 bits per heavy atom. The van der Waals surface area contributed by atoms with Gasteiger partial charge in [-0.15, -0.1) is 0 Å². The van der Waals surface area contributed by atoms with Crippen LogP contribution in [0, 0.1) is 0 Å². The van der Waals surface area contributed by atoms with E-state index in [0.29, 0.717) is 11.5 Å². The van der Waals surface area contributed by atoms with E-state index >= 15 is 0 Å². The minimum atomic E-state index is -4.81. The Labute approximate surface area is 151 Å². The minimum absolute atomic E-state index is 0. The monoisotopic (exact) mass is 325 g/mol. The number of rotatable bonds is 3. The standard InChI is InChI=1S/C5H13NO6P2S.2Na.2H/c7-13(8,9)5(14(10,11)12)6-1-3-15-4-2-6;;;;/h5H,1-4H2,(H2,7,8,9)(H2,10,11,12);;;;/q;2*+1;2*-1. The van der Waals surface area contributed by atoms with E-state index in [0.717, 1.165) is 0 Å². The van der Waals surface area contributed by atoms with Crippen molar-refractivity contribution in [1.29, 1.82) is 0 Å². The SMILES string of the molecule is O=P(O)(O)C(N1CCSCC1)P(=O)(O)O.[H-].[H-].[Na+].[Na+]. The predicted octanol–water partition coefficient (Wildman–Crippen LogP) is -6.09. The average Bonchev–Trinajstić information content (AvgIpc) is 2.00. The quantitative estimate of drug-likeness (QED) is 0.299. The van der Waals surface area contributed by atoms with E-state index in [1.165, 1.54) is 4.90 Å². The van der Waals surface area contributed by atoms with Crippen molar-refractivity contribution >= 4 is 27.0 Å². The van der Waals surface area contributed by atoms with Gasteiger partial charge in [0.15, 0.2) is 0 Å². The topological polar surface area (TPSA) is 118 Å². The van der Waals surface area contributed by atoms with Crippen LogP contribution in [0.3, 0.4) is 0 Å². The smallest absolute Gasteiger partial charge is 1.00 e. The summed E-state index contributed by atoms with van der Waals surface area (Å²) < 4.78 is 22.1. The number of hydrogen-bond acceptors (Lipinski definition) is 4. The summed E-state index contributed by atoms with van der Waals surface area (Å²) in [6.45, 7) is 0.567. The molecule has 0 amide bonds. The molecular formula is C5H15NNa2O6P2S. The maximum atomic E-state index is 11.0. The van der Waals surface area contributed by atoms with E-state index in [1.807, 2.05) is 0 Å². The van der Waals surface area contributed by atoms with Crippen LogP contribution in [0.1, 0.15) is 2.85 Å². The van der Waals surface area contributed by atoms with E-state index in [4.69, 9.17) is 19.6 Å². The number of nitrogens with zero attached hydrogens (tertiary/aromatic N) is 1. The molecule has 0 unspecified atom stereocenters. The predicted molar refractivity (Wildman–Crippen MR) is 59.0 cm³/mol. The molecule has 0 aromatic carbocycles. The van der Waals surface area contributed by atoms with Gasteiger partial charge in [0.25, 0.3) is 0 Å². The van der Waals surface area contributed by atoms with Crippen LogP contribution in [0.2, 0.25) is 0 Å². The van der Waals surface area contributed by atoms with Gasteiger partial charge < -0.3 is 22.4 Å². The van der Waals surface area contributed by atoms with Crippen LogP contribution in [-0.2, 0) is 9.13 Å². The molecule has 94 valence electrons. The van der Waals surface area contributed by atoms with Crippen LogP contribution in [0.5, 0.6) is 0 Å². The van der Waals surface area contributed by atoms with Crippen LogP contribution >= 0.6 is 27.0 Å². The number of thioether (sulfide) groups is 1. The molecule has 4 N–H and O–H groups in total. The van der Waals surface area contributed by atoms with Crippen LogP contribution in [0.4, 0.5) is 0 Å². The minimum Gasteiger partial charge on any atom is -1.00 e. The summed E-state index contributed by atoms with van der Waals surface area (Å²) in [6, 6.07) is 0. The van der Waals surface area contributed by atoms with Crippen molar-refractivity contribution in [3.8, 4) is 0 Å².